The Hall–Kier alpha value is -0.470. The van der Waals surface area contributed by atoms with Crippen molar-refractivity contribution in [2.75, 3.05) is 0 Å². The van der Waals surface area contributed by atoms with Crippen LogP contribution in [0.4, 0.5) is 0 Å². The molecule has 0 bridgehead atoms. The standard InChI is InChI=1S/C10H9S2/c1-2-6-9(5-1)11-12-10-7-3-4-8-10/h1-9H/q-1. The number of hydrogen-bond donors (Lipinski definition) is 0. The van der Waals surface area contributed by atoms with Crippen molar-refractivity contribution >= 4 is 21.6 Å². The first kappa shape index (κ1) is 8.14. The van der Waals surface area contributed by atoms with Crippen LogP contribution in [0.5, 0.6) is 0 Å². The maximum Gasteiger partial charge on any atom is 0.0510 e. The highest BCUT2D eigenvalue weighted by atomic mass is 33.1. The second kappa shape index (κ2) is 3.97. The van der Waals surface area contributed by atoms with Gasteiger partial charge in [0.2, 0.25) is 0 Å². The Morgan fingerprint density at radius 1 is 1.25 bits per heavy atom. The van der Waals surface area contributed by atoms with E-state index in [4.69, 9.17) is 0 Å². The number of hydrogen-bond acceptors (Lipinski definition) is 2. The van der Waals surface area contributed by atoms with Crippen LogP contribution in [0.2, 0.25) is 0 Å². The van der Waals surface area contributed by atoms with Gasteiger partial charge in [-0.3, -0.25) is 0 Å². The molecule has 0 aliphatic heterocycles. The normalized spacial score (nSPS) is 16.0. The van der Waals surface area contributed by atoms with Gasteiger partial charge in [0.15, 0.2) is 0 Å². The SMILES string of the molecule is C1=CC(SSc2cc[cH-]c2)C=C1. The van der Waals surface area contributed by atoms with Crippen LogP contribution in [0.1, 0.15) is 0 Å². The van der Waals surface area contributed by atoms with E-state index in [2.05, 4.69) is 48.6 Å². The molecule has 1 aromatic rings. The lowest BCUT2D eigenvalue weighted by molar-refractivity contribution is 1.49. The molecule has 0 nitrogen and oxygen atoms in total. The summed E-state index contributed by atoms with van der Waals surface area (Å²) in [6.07, 6.45) is 8.62. The zero-order valence-electron chi connectivity index (χ0n) is 6.51. The highest BCUT2D eigenvalue weighted by Gasteiger charge is 2.02. The summed E-state index contributed by atoms with van der Waals surface area (Å²) < 4.78 is 0. The largest absolute Gasteiger partial charge is 0.200 e. The maximum absolute atomic E-state index is 2.21. The molecule has 0 aromatic heterocycles. The smallest absolute Gasteiger partial charge is 0.0510 e. The summed E-state index contributed by atoms with van der Waals surface area (Å²) in [5.74, 6) is 0. The molecular formula is C10H9S2-. The minimum Gasteiger partial charge on any atom is -0.200 e. The van der Waals surface area contributed by atoms with Crippen molar-refractivity contribution in [2.45, 2.75) is 10.1 Å². The van der Waals surface area contributed by atoms with Gasteiger partial charge >= 0.3 is 0 Å². The van der Waals surface area contributed by atoms with Crippen molar-refractivity contribution < 1.29 is 0 Å². The Morgan fingerprint density at radius 3 is 2.75 bits per heavy atom. The summed E-state index contributed by atoms with van der Waals surface area (Å²) in [5, 5.41) is 0.560. The van der Waals surface area contributed by atoms with Crippen molar-refractivity contribution in [3.8, 4) is 0 Å². The van der Waals surface area contributed by atoms with Gasteiger partial charge in [0.1, 0.15) is 0 Å². The Labute approximate surface area is 80.5 Å². The first-order valence-electron chi connectivity index (χ1n) is 3.85. The number of allylic oxidation sites excluding steroid dienone is 2. The summed E-state index contributed by atoms with van der Waals surface area (Å²) in [6.45, 7) is 0. The molecular weight excluding hydrogens is 184 g/mol. The average molecular weight is 193 g/mol. The molecule has 2 rings (SSSR count). The van der Waals surface area contributed by atoms with E-state index in [1.165, 1.54) is 4.90 Å². The molecule has 0 unspecified atom stereocenters. The summed E-state index contributed by atoms with van der Waals surface area (Å²) in [4.78, 5) is 1.34. The third kappa shape index (κ3) is 2.02. The molecule has 0 heterocycles. The third-order valence-electron chi connectivity index (χ3n) is 1.60. The molecule has 0 radical (unpaired) electrons. The lowest BCUT2D eigenvalue weighted by Crippen LogP contribution is -1.83. The summed E-state index contributed by atoms with van der Waals surface area (Å²) in [7, 11) is 3.72. The first-order chi connectivity index (χ1) is 5.95. The molecule has 1 aliphatic rings. The predicted octanol–water partition coefficient (Wildman–Crippen LogP) is 3.64. The van der Waals surface area contributed by atoms with Crippen LogP contribution in [0.15, 0.2) is 53.5 Å². The summed E-state index contributed by atoms with van der Waals surface area (Å²) in [6, 6.07) is 8.42. The predicted molar refractivity (Wildman–Crippen MR) is 57.6 cm³/mol. The maximum atomic E-state index is 2.21. The van der Waals surface area contributed by atoms with Crippen LogP contribution in [0.25, 0.3) is 0 Å². The van der Waals surface area contributed by atoms with E-state index >= 15 is 0 Å². The van der Waals surface area contributed by atoms with E-state index < -0.39 is 0 Å². The third-order valence-corrected chi connectivity index (χ3v) is 4.23. The Bertz CT molecular complexity index is 271. The zero-order valence-corrected chi connectivity index (χ0v) is 8.15. The van der Waals surface area contributed by atoms with Gasteiger partial charge < -0.3 is 0 Å². The lowest BCUT2D eigenvalue weighted by Gasteiger charge is -2.06. The van der Waals surface area contributed by atoms with E-state index in [0.29, 0.717) is 5.25 Å². The molecule has 0 N–H and O–H groups in total. The average Bonchev–Trinajstić information content (AvgIpc) is 2.74. The lowest BCUT2D eigenvalue weighted by atomic mass is 10.5. The highest BCUT2D eigenvalue weighted by Crippen LogP contribution is 2.36. The fraction of sp³-hybridized carbons (Fsp3) is 0.100. The van der Waals surface area contributed by atoms with Gasteiger partial charge in [0.25, 0.3) is 0 Å². The first-order valence-corrected chi connectivity index (χ1v) is 6.06. The fourth-order valence-corrected chi connectivity index (χ4v) is 3.18. The molecule has 0 atom stereocenters. The van der Waals surface area contributed by atoms with E-state index in [-0.39, 0.29) is 0 Å². The van der Waals surface area contributed by atoms with Gasteiger partial charge in [-0.15, -0.1) is 15.7 Å². The van der Waals surface area contributed by atoms with Gasteiger partial charge in [-0.25, -0.2) is 0 Å². The van der Waals surface area contributed by atoms with Crippen LogP contribution in [0.3, 0.4) is 0 Å². The van der Waals surface area contributed by atoms with Crippen molar-refractivity contribution in [2.24, 2.45) is 0 Å². The van der Waals surface area contributed by atoms with Crippen LogP contribution in [-0.4, -0.2) is 5.25 Å². The molecule has 0 saturated carbocycles. The van der Waals surface area contributed by atoms with E-state index in [1.54, 1.807) is 0 Å². The Morgan fingerprint density at radius 2 is 2.08 bits per heavy atom. The Balaban J connectivity index is 1.83. The summed E-state index contributed by atoms with van der Waals surface area (Å²) in [5.41, 5.74) is 0. The molecule has 0 saturated heterocycles. The zero-order chi connectivity index (χ0) is 8.23. The van der Waals surface area contributed by atoms with Gasteiger partial charge in [-0.2, -0.15) is 24.3 Å². The molecule has 12 heavy (non-hydrogen) atoms. The van der Waals surface area contributed by atoms with Crippen LogP contribution < -0.4 is 0 Å². The molecule has 0 spiro atoms. The molecule has 1 aliphatic carbocycles. The van der Waals surface area contributed by atoms with Gasteiger partial charge in [-0.05, 0) is 0 Å². The molecule has 0 amide bonds. The van der Waals surface area contributed by atoms with Crippen LogP contribution >= 0.6 is 21.6 Å². The monoisotopic (exact) mass is 193 g/mol. The van der Waals surface area contributed by atoms with Gasteiger partial charge in [0, 0.05) is 0 Å². The molecule has 0 fully saturated rings. The van der Waals surface area contributed by atoms with E-state index in [1.807, 2.05) is 21.6 Å². The molecule has 1 aromatic carbocycles. The van der Waals surface area contributed by atoms with Gasteiger partial charge in [0.05, 0.1) is 5.25 Å². The van der Waals surface area contributed by atoms with Crippen LogP contribution in [0, 0.1) is 0 Å². The topological polar surface area (TPSA) is 0 Å². The van der Waals surface area contributed by atoms with Crippen molar-refractivity contribution in [1.29, 1.82) is 0 Å². The van der Waals surface area contributed by atoms with Gasteiger partial charge in [-0.1, -0.05) is 35.1 Å². The molecule has 2 heteroatoms. The van der Waals surface area contributed by atoms with Crippen LogP contribution in [-0.2, 0) is 0 Å². The summed E-state index contributed by atoms with van der Waals surface area (Å²) >= 11 is 0. The minimum atomic E-state index is 0.560. The Kier molecular flexibility index (Phi) is 2.69. The minimum absolute atomic E-state index is 0.560. The number of rotatable bonds is 3. The highest BCUT2D eigenvalue weighted by molar-refractivity contribution is 8.77. The quantitative estimate of drug-likeness (QED) is 0.531. The fourth-order valence-electron chi connectivity index (χ4n) is 0.999. The van der Waals surface area contributed by atoms with Crippen molar-refractivity contribution in [1.82, 2.24) is 0 Å². The van der Waals surface area contributed by atoms with Crippen molar-refractivity contribution in [3.63, 3.8) is 0 Å². The van der Waals surface area contributed by atoms with Crippen molar-refractivity contribution in [3.05, 3.63) is 48.6 Å². The second-order valence-corrected chi connectivity index (χ2v) is 4.99. The van der Waals surface area contributed by atoms with E-state index in [9.17, 15) is 0 Å². The second-order valence-electron chi connectivity index (χ2n) is 2.53. The molecule has 62 valence electrons. The van der Waals surface area contributed by atoms with E-state index in [0.717, 1.165) is 0 Å².